The molecule has 0 aromatic heterocycles. The number of nitrogens with two attached hydrogens (primary N) is 1. The van der Waals surface area contributed by atoms with Crippen molar-refractivity contribution in [1.29, 1.82) is 0 Å². The third-order valence-electron chi connectivity index (χ3n) is 2.53. The molecule has 0 radical (unpaired) electrons. The van der Waals surface area contributed by atoms with Crippen LogP contribution >= 0.6 is 0 Å². The van der Waals surface area contributed by atoms with Crippen molar-refractivity contribution in [3.63, 3.8) is 0 Å². The van der Waals surface area contributed by atoms with Gasteiger partial charge in [0.25, 0.3) is 0 Å². The summed E-state index contributed by atoms with van der Waals surface area (Å²) in [4.78, 5) is 11.4. The molecule has 0 aliphatic heterocycles. The number of nitrogens with one attached hydrogen (secondary N) is 2. The van der Waals surface area contributed by atoms with E-state index in [2.05, 4.69) is 10.6 Å². The van der Waals surface area contributed by atoms with Crippen molar-refractivity contribution in [2.75, 3.05) is 31.2 Å². The average molecular weight is 251 g/mol. The lowest BCUT2D eigenvalue weighted by molar-refractivity contribution is -0.120. The van der Waals surface area contributed by atoms with Gasteiger partial charge >= 0.3 is 0 Å². The van der Waals surface area contributed by atoms with Crippen molar-refractivity contribution in [3.8, 4) is 5.75 Å². The summed E-state index contributed by atoms with van der Waals surface area (Å²) in [6.07, 6.45) is 1.37. The van der Waals surface area contributed by atoms with Gasteiger partial charge in [0.2, 0.25) is 5.91 Å². The standard InChI is InChI=1S/C13H21N3O2/c1-3-8-16-12(17)7-9-15-10-5-4-6-11(18-2)13(10)14/h4-6,15H,3,7-9,14H2,1-2H3,(H,16,17). The largest absolute Gasteiger partial charge is 0.495 e. The molecule has 1 rings (SSSR count). The number of para-hydroxylation sites is 1. The number of benzene rings is 1. The second kappa shape index (κ2) is 7.42. The Morgan fingerprint density at radius 3 is 2.83 bits per heavy atom. The zero-order chi connectivity index (χ0) is 13.4. The SMILES string of the molecule is CCCNC(=O)CCNc1cccc(OC)c1N. The van der Waals surface area contributed by atoms with Gasteiger partial charge in [-0.3, -0.25) is 4.79 Å². The molecule has 0 spiro atoms. The van der Waals surface area contributed by atoms with Gasteiger partial charge in [0, 0.05) is 19.5 Å². The second-order valence-corrected chi connectivity index (χ2v) is 3.95. The van der Waals surface area contributed by atoms with Crippen LogP contribution in [0.3, 0.4) is 0 Å². The monoisotopic (exact) mass is 251 g/mol. The Morgan fingerprint density at radius 1 is 1.39 bits per heavy atom. The van der Waals surface area contributed by atoms with Gasteiger partial charge in [0.15, 0.2) is 0 Å². The molecule has 1 aromatic carbocycles. The number of ether oxygens (including phenoxy) is 1. The predicted molar refractivity (Wildman–Crippen MR) is 73.8 cm³/mol. The number of nitrogen functional groups attached to an aromatic ring is 1. The molecule has 0 saturated heterocycles. The molecule has 100 valence electrons. The fraction of sp³-hybridized carbons (Fsp3) is 0.462. The van der Waals surface area contributed by atoms with Crippen molar-refractivity contribution in [2.24, 2.45) is 0 Å². The van der Waals surface area contributed by atoms with E-state index in [1.165, 1.54) is 0 Å². The first-order chi connectivity index (χ1) is 8.69. The van der Waals surface area contributed by atoms with Crippen LogP contribution in [0.1, 0.15) is 19.8 Å². The van der Waals surface area contributed by atoms with Crippen LogP contribution in [0, 0.1) is 0 Å². The maximum absolute atomic E-state index is 11.4. The third kappa shape index (κ3) is 4.16. The maximum atomic E-state index is 11.4. The summed E-state index contributed by atoms with van der Waals surface area (Å²) < 4.78 is 5.12. The molecule has 0 aliphatic carbocycles. The molecule has 0 heterocycles. The van der Waals surface area contributed by atoms with Crippen LogP contribution in [0.4, 0.5) is 11.4 Å². The lowest BCUT2D eigenvalue weighted by Gasteiger charge is -2.12. The molecule has 0 fully saturated rings. The molecule has 0 aliphatic rings. The smallest absolute Gasteiger partial charge is 0.221 e. The molecule has 0 saturated carbocycles. The van der Waals surface area contributed by atoms with Gasteiger partial charge in [0.1, 0.15) is 5.75 Å². The number of hydrogen-bond donors (Lipinski definition) is 3. The first kappa shape index (κ1) is 14.2. The number of amides is 1. The summed E-state index contributed by atoms with van der Waals surface area (Å²) >= 11 is 0. The number of carbonyl (C=O) groups is 1. The summed E-state index contributed by atoms with van der Waals surface area (Å²) in [5.74, 6) is 0.682. The zero-order valence-electron chi connectivity index (χ0n) is 11.0. The lowest BCUT2D eigenvalue weighted by atomic mass is 10.2. The molecule has 5 heteroatoms. The number of anilines is 2. The minimum atomic E-state index is 0.0471. The highest BCUT2D eigenvalue weighted by Gasteiger charge is 2.05. The van der Waals surface area contributed by atoms with E-state index in [0.717, 1.165) is 18.7 Å². The van der Waals surface area contributed by atoms with Crippen molar-refractivity contribution in [3.05, 3.63) is 18.2 Å². The topological polar surface area (TPSA) is 76.4 Å². The van der Waals surface area contributed by atoms with E-state index >= 15 is 0 Å². The van der Waals surface area contributed by atoms with E-state index in [1.807, 2.05) is 19.1 Å². The number of rotatable bonds is 7. The average Bonchev–Trinajstić information content (AvgIpc) is 2.38. The Labute approximate surface area is 108 Å². The fourth-order valence-corrected chi connectivity index (χ4v) is 1.54. The van der Waals surface area contributed by atoms with Gasteiger partial charge in [-0.05, 0) is 18.6 Å². The van der Waals surface area contributed by atoms with Crippen LogP contribution in [0.5, 0.6) is 5.75 Å². The number of hydrogen-bond acceptors (Lipinski definition) is 4. The van der Waals surface area contributed by atoms with Gasteiger partial charge < -0.3 is 21.1 Å². The van der Waals surface area contributed by atoms with Crippen LogP contribution < -0.4 is 21.1 Å². The van der Waals surface area contributed by atoms with Crippen LogP contribution in [-0.2, 0) is 4.79 Å². The molecule has 0 unspecified atom stereocenters. The van der Waals surface area contributed by atoms with E-state index in [9.17, 15) is 4.79 Å². The summed E-state index contributed by atoms with van der Waals surface area (Å²) in [7, 11) is 1.58. The second-order valence-electron chi connectivity index (χ2n) is 3.95. The van der Waals surface area contributed by atoms with Gasteiger partial charge in [-0.1, -0.05) is 13.0 Å². The van der Waals surface area contributed by atoms with E-state index in [-0.39, 0.29) is 5.91 Å². The molecule has 1 aromatic rings. The molecule has 4 N–H and O–H groups in total. The minimum absolute atomic E-state index is 0.0471. The van der Waals surface area contributed by atoms with Crippen LogP contribution in [0.25, 0.3) is 0 Å². The van der Waals surface area contributed by atoms with Crippen molar-refractivity contribution < 1.29 is 9.53 Å². The Bertz CT molecular complexity index is 394. The van der Waals surface area contributed by atoms with Gasteiger partial charge in [-0.2, -0.15) is 0 Å². The molecule has 1 amide bonds. The van der Waals surface area contributed by atoms with E-state index in [1.54, 1.807) is 13.2 Å². The van der Waals surface area contributed by atoms with Gasteiger partial charge in [0.05, 0.1) is 18.5 Å². The Kier molecular flexibility index (Phi) is 5.84. The molecule has 0 atom stereocenters. The summed E-state index contributed by atoms with van der Waals surface area (Å²) in [6.45, 7) is 3.29. The predicted octanol–water partition coefficient (Wildman–Crippen LogP) is 1.61. The first-order valence-corrected chi connectivity index (χ1v) is 6.12. The first-order valence-electron chi connectivity index (χ1n) is 6.12. The van der Waals surface area contributed by atoms with Gasteiger partial charge in [-0.15, -0.1) is 0 Å². The van der Waals surface area contributed by atoms with Crippen LogP contribution in [0.15, 0.2) is 18.2 Å². The number of methoxy groups -OCH3 is 1. The highest BCUT2D eigenvalue weighted by Crippen LogP contribution is 2.28. The highest BCUT2D eigenvalue weighted by molar-refractivity contribution is 5.77. The summed E-state index contributed by atoms with van der Waals surface area (Å²) in [5, 5.41) is 5.95. The number of carbonyl (C=O) groups excluding carboxylic acids is 1. The van der Waals surface area contributed by atoms with E-state index < -0.39 is 0 Å². The van der Waals surface area contributed by atoms with Crippen molar-refractivity contribution in [2.45, 2.75) is 19.8 Å². The maximum Gasteiger partial charge on any atom is 0.221 e. The van der Waals surface area contributed by atoms with Crippen molar-refractivity contribution >= 4 is 17.3 Å². The van der Waals surface area contributed by atoms with Crippen molar-refractivity contribution in [1.82, 2.24) is 5.32 Å². The Morgan fingerprint density at radius 2 is 2.17 bits per heavy atom. The molecular formula is C13H21N3O2. The third-order valence-corrected chi connectivity index (χ3v) is 2.53. The highest BCUT2D eigenvalue weighted by atomic mass is 16.5. The van der Waals surface area contributed by atoms with Crippen LogP contribution in [-0.4, -0.2) is 26.1 Å². The molecule has 18 heavy (non-hydrogen) atoms. The normalized spacial score (nSPS) is 9.89. The zero-order valence-corrected chi connectivity index (χ0v) is 11.0. The molecule has 5 nitrogen and oxygen atoms in total. The van der Waals surface area contributed by atoms with E-state index in [4.69, 9.17) is 10.5 Å². The molecular weight excluding hydrogens is 230 g/mol. The van der Waals surface area contributed by atoms with Gasteiger partial charge in [-0.25, -0.2) is 0 Å². The van der Waals surface area contributed by atoms with E-state index in [0.29, 0.717) is 24.4 Å². The fourth-order valence-electron chi connectivity index (χ4n) is 1.54. The minimum Gasteiger partial charge on any atom is -0.495 e. The Hall–Kier alpha value is -1.91. The summed E-state index contributed by atoms with van der Waals surface area (Å²) in [5.41, 5.74) is 7.26. The van der Waals surface area contributed by atoms with Crippen LogP contribution in [0.2, 0.25) is 0 Å². The molecule has 0 bridgehead atoms. The lowest BCUT2D eigenvalue weighted by Crippen LogP contribution is -2.25. The quantitative estimate of drug-likeness (QED) is 0.643. The summed E-state index contributed by atoms with van der Waals surface area (Å²) in [6, 6.07) is 5.52. The Balaban J connectivity index is 2.42.